The summed E-state index contributed by atoms with van der Waals surface area (Å²) in [5.41, 5.74) is 2.33. The van der Waals surface area contributed by atoms with Gasteiger partial charge in [-0.15, -0.1) is 11.8 Å². The molecule has 2 rings (SSSR count). The second-order valence-corrected chi connectivity index (χ2v) is 6.66. The summed E-state index contributed by atoms with van der Waals surface area (Å²) in [6.45, 7) is 3.17. The summed E-state index contributed by atoms with van der Waals surface area (Å²) >= 11 is 7.43. The lowest BCUT2D eigenvalue weighted by Crippen LogP contribution is -2.24. The van der Waals surface area contributed by atoms with Crippen molar-refractivity contribution in [1.29, 1.82) is 0 Å². The summed E-state index contributed by atoms with van der Waals surface area (Å²) in [6, 6.07) is 15.5. The molecular weight excluding hydrogens is 330 g/mol. The molecule has 0 atom stereocenters. The highest BCUT2D eigenvalue weighted by Gasteiger charge is 2.02. The van der Waals surface area contributed by atoms with E-state index in [4.69, 9.17) is 16.3 Å². The monoisotopic (exact) mass is 349 g/mol. The van der Waals surface area contributed by atoms with Crippen LogP contribution in [0.3, 0.4) is 0 Å². The molecule has 0 spiro atoms. The minimum Gasteiger partial charge on any atom is -0.493 e. The van der Waals surface area contributed by atoms with E-state index >= 15 is 0 Å². The predicted octanol–water partition coefficient (Wildman–Crippen LogP) is 4.08. The second-order valence-electron chi connectivity index (χ2n) is 5.12. The van der Waals surface area contributed by atoms with Gasteiger partial charge in [0, 0.05) is 17.3 Å². The Labute approximate surface area is 146 Å². The maximum atomic E-state index is 11.8. The van der Waals surface area contributed by atoms with Crippen molar-refractivity contribution >= 4 is 29.3 Å². The van der Waals surface area contributed by atoms with Gasteiger partial charge in [-0.1, -0.05) is 47.5 Å². The lowest BCUT2D eigenvalue weighted by atomic mass is 10.1. The smallest absolute Gasteiger partial charge is 0.230 e. The van der Waals surface area contributed by atoms with Gasteiger partial charge in [0.1, 0.15) is 5.75 Å². The molecule has 0 aliphatic carbocycles. The van der Waals surface area contributed by atoms with Gasteiger partial charge >= 0.3 is 0 Å². The minimum atomic E-state index is 0.0401. The highest BCUT2D eigenvalue weighted by Crippen LogP contribution is 2.17. The number of amides is 1. The molecule has 122 valence electrons. The Morgan fingerprint density at radius 3 is 2.74 bits per heavy atom. The maximum Gasteiger partial charge on any atom is 0.230 e. The number of rotatable bonds is 8. The summed E-state index contributed by atoms with van der Waals surface area (Å²) in [7, 11) is 0. The molecule has 2 aromatic carbocycles. The van der Waals surface area contributed by atoms with E-state index in [1.165, 1.54) is 5.56 Å². The molecule has 0 radical (unpaired) electrons. The predicted molar refractivity (Wildman–Crippen MR) is 97.3 cm³/mol. The summed E-state index contributed by atoms with van der Waals surface area (Å²) in [6.07, 6.45) is 0. The average molecular weight is 350 g/mol. The fraction of sp³-hybridized carbons (Fsp3) is 0.278. The molecule has 0 aromatic heterocycles. The van der Waals surface area contributed by atoms with Gasteiger partial charge in [0.05, 0.1) is 12.4 Å². The lowest BCUT2D eigenvalue weighted by Gasteiger charge is -2.07. The molecule has 0 aliphatic rings. The molecule has 3 nitrogen and oxygen atoms in total. The number of nitrogens with one attached hydrogen (secondary N) is 1. The van der Waals surface area contributed by atoms with Gasteiger partial charge in [-0.2, -0.15) is 0 Å². The van der Waals surface area contributed by atoms with Crippen LogP contribution in [-0.4, -0.2) is 24.0 Å². The van der Waals surface area contributed by atoms with Gasteiger partial charge < -0.3 is 10.1 Å². The topological polar surface area (TPSA) is 38.3 Å². The van der Waals surface area contributed by atoms with Crippen molar-refractivity contribution in [1.82, 2.24) is 5.32 Å². The molecule has 23 heavy (non-hydrogen) atoms. The van der Waals surface area contributed by atoms with Crippen molar-refractivity contribution in [3.05, 3.63) is 64.7 Å². The highest BCUT2D eigenvalue weighted by atomic mass is 35.5. The molecule has 0 unspecified atom stereocenters. The average Bonchev–Trinajstić information content (AvgIpc) is 2.54. The fourth-order valence-corrected chi connectivity index (χ4v) is 2.71. The summed E-state index contributed by atoms with van der Waals surface area (Å²) in [5.74, 6) is 1.98. The number of thioether (sulfide) groups is 1. The molecular formula is C18H20ClNO2S. The minimum absolute atomic E-state index is 0.0401. The van der Waals surface area contributed by atoms with Crippen LogP contribution in [0.25, 0.3) is 0 Å². The van der Waals surface area contributed by atoms with Gasteiger partial charge in [0.2, 0.25) is 5.91 Å². The van der Waals surface area contributed by atoms with Crippen LogP contribution in [0, 0.1) is 6.92 Å². The third kappa shape index (κ3) is 6.97. The number of hydrogen-bond acceptors (Lipinski definition) is 3. The Balaban J connectivity index is 1.57. The van der Waals surface area contributed by atoms with Crippen molar-refractivity contribution in [2.45, 2.75) is 13.5 Å². The Bertz CT molecular complexity index is 631. The van der Waals surface area contributed by atoms with E-state index < -0.39 is 0 Å². The lowest BCUT2D eigenvalue weighted by molar-refractivity contribution is -0.118. The first-order chi connectivity index (χ1) is 11.1. The van der Waals surface area contributed by atoms with Gasteiger partial charge in [0.25, 0.3) is 0 Å². The molecule has 0 saturated carbocycles. The van der Waals surface area contributed by atoms with E-state index in [0.717, 1.165) is 17.1 Å². The number of carbonyl (C=O) groups excluding carboxylic acids is 1. The summed E-state index contributed by atoms with van der Waals surface area (Å²) in [4.78, 5) is 11.8. The van der Waals surface area contributed by atoms with E-state index in [1.807, 2.05) is 49.4 Å². The van der Waals surface area contributed by atoms with Gasteiger partial charge in [-0.05, 0) is 30.7 Å². The number of carbonyl (C=O) groups is 1. The molecule has 5 heteroatoms. The van der Waals surface area contributed by atoms with E-state index in [1.54, 1.807) is 17.8 Å². The van der Waals surface area contributed by atoms with E-state index in [2.05, 4.69) is 5.32 Å². The van der Waals surface area contributed by atoms with Crippen molar-refractivity contribution in [3.8, 4) is 5.75 Å². The standard InChI is InChI=1S/C18H20ClNO2S/c1-14-5-7-15(8-6-14)12-20-18(21)13-23-10-9-22-17-4-2-3-16(19)11-17/h2-8,11H,9-10,12-13H2,1H3,(H,20,21). The van der Waals surface area contributed by atoms with Crippen LogP contribution in [0.15, 0.2) is 48.5 Å². The zero-order valence-corrected chi connectivity index (χ0v) is 14.6. The van der Waals surface area contributed by atoms with Crippen LogP contribution in [0.5, 0.6) is 5.75 Å². The van der Waals surface area contributed by atoms with Crippen molar-refractivity contribution in [2.75, 3.05) is 18.1 Å². The van der Waals surface area contributed by atoms with Crippen molar-refractivity contribution in [2.24, 2.45) is 0 Å². The molecule has 0 heterocycles. The molecule has 1 amide bonds. The Morgan fingerprint density at radius 1 is 1.22 bits per heavy atom. The van der Waals surface area contributed by atoms with Crippen LogP contribution in [0.2, 0.25) is 5.02 Å². The number of hydrogen-bond donors (Lipinski definition) is 1. The first-order valence-corrected chi connectivity index (χ1v) is 8.95. The fourth-order valence-electron chi connectivity index (χ4n) is 1.90. The second kappa shape index (κ2) is 9.48. The zero-order chi connectivity index (χ0) is 16.5. The van der Waals surface area contributed by atoms with E-state index in [0.29, 0.717) is 23.9 Å². The molecule has 0 saturated heterocycles. The number of halogens is 1. The van der Waals surface area contributed by atoms with Crippen LogP contribution < -0.4 is 10.1 Å². The molecule has 0 bridgehead atoms. The third-order valence-electron chi connectivity index (χ3n) is 3.14. The summed E-state index contributed by atoms with van der Waals surface area (Å²) < 4.78 is 5.57. The number of aryl methyl sites for hydroxylation is 1. The zero-order valence-electron chi connectivity index (χ0n) is 13.0. The highest BCUT2D eigenvalue weighted by molar-refractivity contribution is 7.99. The third-order valence-corrected chi connectivity index (χ3v) is 4.29. The molecule has 0 aliphatic heterocycles. The van der Waals surface area contributed by atoms with Gasteiger partial charge in [-0.3, -0.25) is 4.79 Å². The molecule has 2 aromatic rings. The molecule has 0 fully saturated rings. The summed E-state index contributed by atoms with van der Waals surface area (Å²) in [5, 5.41) is 3.57. The van der Waals surface area contributed by atoms with Crippen LogP contribution >= 0.6 is 23.4 Å². The van der Waals surface area contributed by atoms with E-state index in [9.17, 15) is 4.79 Å². The normalized spacial score (nSPS) is 10.3. The van der Waals surface area contributed by atoms with Crippen molar-refractivity contribution in [3.63, 3.8) is 0 Å². The first-order valence-electron chi connectivity index (χ1n) is 7.42. The van der Waals surface area contributed by atoms with Crippen LogP contribution in [0.4, 0.5) is 0 Å². The van der Waals surface area contributed by atoms with E-state index in [-0.39, 0.29) is 5.91 Å². The SMILES string of the molecule is Cc1ccc(CNC(=O)CSCCOc2cccc(Cl)c2)cc1. The number of benzene rings is 2. The maximum absolute atomic E-state index is 11.8. The Hall–Kier alpha value is -1.65. The first kappa shape index (κ1) is 17.7. The van der Waals surface area contributed by atoms with Crippen LogP contribution in [-0.2, 0) is 11.3 Å². The number of ether oxygens (including phenoxy) is 1. The van der Waals surface area contributed by atoms with Gasteiger partial charge in [-0.25, -0.2) is 0 Å². The van der Waals surface area contributed by atoms with Gasteiger partial charge in [0.15, 0.2) is 0 Å². The Morgan fingerprint density at radius 2 is 2.00 bits per heavy atom. The van der Waals surface area contributed by atoms with Crippen molar-refractivity contribution < 1.29 is 9.53 Å². The van der Waals surface area contributed by atoms with Crippen LogP contribution in [0.1, 0.15) is 11.1 Å². The molecule has 1 N–H and O–H groups in total. The quantitative estimate of drug-likeness (QED) is 0.730. The largest absolute Gasteiger partial charge is 0.493 e. The Kier molecular flexibility index (Phi) is 7.30.